The third-order valence-corrected chi connectivity index (χ3v) is 8.63. The summed E-state index contributed by atoms with van der Waals surface area (Å²) in [4.78, 5) is 43.0. The molecule has 1 aliphatic heterocycles. The van der Waals surface area contributed by atoms with Crippen LogP contribution in [0.5, 0.6) is 17.2 Å². The van der Waals surface area contributed by atoms with Crippen LogP contribution in [0, 0.1) is 10.1 Å². The summed E-state index contributed by atoms with van der Waals surface area (Å²) in [7, 11) is 2.92. The maximum atomic E-state index is 14.1. The van der Waals surface area contributed by atoms with Gasteiger partial charge in [-0.25, -0.2) is 9.79 Å². The van der Waals surface area contributed by atoms with Crippen molar-refractivity contribution in [3.8, 4) is 28.6 Å². The Kier molecular flexibility index (Phi) is 9.25. The minimum atomic E-state index is -0.891. The van der Waals surface area contributed by atoms with E-state index in [1.807, 2.05) is 6.92 Å². The highest BCUT2D eigenvalue weighted by molar-refractivity contribution is 9.10. The number of esters is 1. The Labute approximate surface area is 269 Å². The van der Waals surface area contributed by atoms with Gasteiger partial charge in [0.15, 0.2) is 16.3 Å². The van der Waals surface area contributed by atoms with Crippen LogP contribution in [0.15, 0.2) is 72.4 Å². The lowest BCUT2D eigenvalue weighted by Gasteiger charge is -2.26. The van der Waals surface area contributed by atoms with Gasteiger partial charge in [0.1, 0.15) is 17.3 Å². The highest BCUT2D eigenvalue weighted by Crippen LogP contribution is 2.41. The average Bonchev–Trinajstić information content (AvgIpc) is 3.60. The summed E-state index contributed by atoms with van der Waals surface area (Å²) in [6.45, 7) is 5.82. The second-order valence-electron chi connectivity index (χ2n) is 9.60. The number of ether oxygens (including phenoxy) is 4. The Morgan fingerprint density at radius 1 is 1.11 bits per heavy atom. The molecule has 12 nitrogen and oxygen atoms in total. The van der Waals surface area contributed by atoms with Crippen LogP contribution in [0.4, 0.5) is 5.69 Å². The summed E-state index contributed by atoms with van der Waals surface area (Å²) in [6.07, 6.45) is 1.58. The van der Waals surface area contributed by atoms with Crippen LogP contribution in [0.1, 0.15) is 38.1 Å². The lowest BCUT2D eigenvalue weighted by molar-refractivity contribution is -0.384. The molecule has 0 radical (unpaired) electrons. The molecule has 0 amide bonds. The van der Waals surface area contributed by atoms with Crippen LogP contribution in [0.3, 0.4) is 0 Å². The monoisotopic (exact) mass is 697 g/mol. The number of furan rings is 1. The number of benzene rings is 2. The van der Waals surface area contributed by atoms with E-state index in [1.54, 1.807) is 44.2 Å². The van der Waals surface area contributed by atoms with E-state index < -0.39 is 22.5 Å². The molecule has 234 valence electrons. The van der Waals surface area contributed by atoms with Crippen LogP contribution in [0.25, 0.3) is 17.4 Å². The first-order valence-corrected chi connectivity index (χ1v) is 15.3. The molecule has 0 spiro atoms. The highest BCUT2D eigenvalue weighted by Gasteiger charge is 2.35. The van der Waals surface area contributed by atoms with E-state index in [1.165, 1.54) is 37.0 Å². The molecule has 0 fully saturated rings. The lowest BCUT2D eigenvalue weighted by atomic mass is 9.95. The Morgan fingerprint density at radius 2 is 1.87 bits per heavy atom. The van der Waals surface area contributed by atoms with E-state index in [4.69, 9.17) is 23.4 Å². The van der Waals surface area contributed by atoms with Crippen molar-refractivity contribution in [3.05, 3.63) is 99.3 Å². The molecule has 14 heteroatoms. The van der Waals surface area contributed by atoms with Crippen molar-refractivity contribution in [2.24, 2.45) is 4.99 Å². The smallest absolute Gasteiger partial charge is 0.338 e. The number of nitro groups is 1. The fourth-order valence-electron chi connectivity index (χ4n) is 4.98. The molecular weight excluding hydrogens is 670 g/mol. The van der Waals surface area contributed by atoms with E-state index >= 15 is 0 Å². The minimum absolute atomic E-state index is 0.118. The number of rotatable bonds is 10. The number of halogens is 1. The molecule has 3 heterocycles. The zero-order chi connectivity index (χ0) is 32.4. The number of non-ortho nitro benzene ring substituents is 1. The number of thiazole rings is 1. The normalized spacial score (nSPS) is 14.5. The van der Waals surface area contributed by atoms with Crippen LogP contribution in [-0.4, -0.2) is 42.9 Å². The van der Waals surface area contributed by atoms with Crippen molar-refractivity contribution in [2.75, 3.05) is 27.4 Å². The predicted octanol–water partition coefficient (Wildman–Crippen LogP) is 5.14. The third kappa shape index (κ3) is 6.02. The standard InChI is InChI=1S/C31H28BrN3O9S/c1-6-42-25-15-21(32)20(14-24(25)41-5)28-27(30(37)43-7-2)16(3)33-31-34(28)29(36)26(45-31)13-18-9-11-22(44-18)19-10-8-17(35(38)39)12-23(19)40-4/h8-15,28H,6-7H2,1-5H3/b26-13+/t28-/m0/s1. The number of hydrogen-bond donors (Lipinski definition) is 0. The molecule has 0 bridgehead atoms. The summed E-state index contributed by atoms with van der Waals surface area (Å²) in [5.41, 5.74) is 1.19. The first kappa shape index (κ1) is 31.7. The number of aromatic nitrogens is 1. The van der Waals surface area contributed by atoms with Crippen molar-refractivity contribution in [2.45, 2.75) is 26.8 Å². The molecule has 45 heavy (non-hydrogen) atoms. The zero-order valence-corrected chi connectivity index (χ0v) is 27.3. The predicted molar refractivity (Wildman–Crippen MR) is 170 cm³/mol. The quantitative estimate of drug-likeness (QED) is 0.125. The second-order valence-corrected chi connectivity index (χ2v) is 11.5. The van der Waals surface area contributed by atoms with Gasteiger partial charge >= 0.3 is 5.97 Å². The molecule has 2 aromatic heterocycles. The molecule has 2 aromatic carbocycles. The Morgan fingerprint density at radius 3 is 2.53 bits per heavy atom. The summed E-state index contributed by atoms with van der Waals surface area (Å²) in [6, 6.07) is 10.1. The SMILES string of the molecule is CCOC(=O)C1=C(C)N=c2s/c(=C/c3ccc(-c4ccc([N+](=O)[O-])cc4OC)o3)c(=O)n2[C@H]1c1cc(OC)c(OCC)cc1Br. The van der Waals surface area contributed by atoms with Crippen molar-refractivity contribution in [3.63, 3.8) is 0 Å². The van der Waals surface area contributed by atoms with Crippen LogP contribution in [-0.2, 0) is 9.53 Å². The molecule has 5 rings (SSSR count). The van der Waals surface area contributed by atoms with Crippen LogP contribution < -0.4 is 29.1 Å². The molecule has 1 atom stereocenters. The zero-order valence-electron chi connectivity index (χ0n) is 24.9. The molecule has 0 aliphatic carbocycles. The van der Waals surface area contributed by atoms with Gasteiger partial charge in [-0.2, -0.15) is 0 Å². The number of carbonyl (C=O) groups is 1. The van der Waals surface area contributed by atoms with Gasteiger partial charge < -0.3 is 23.4 Å². The molecule has 0 unspecified atom stereocenters. The first-order valence-electron chi connectivity index (χ1n) is 13.7. The number of allylic oxidation sites excluding steroid dienone is 1. The van der Waals surface area contributed by atoms with Crippen molar-refractivity contribution >= 4 is 45.0 Å². The summed E-state index contributed by atoms with van der Waals surface area (Å²) >= 11 is 4.76. The Balaban J connectivity index is 1.65. The van der Waals surface area contributed by atoms with E-state index in [9.17, 15) is 19.7 Å². The molecule has 4 aromatic rings. The van der Waals surface area contributed by atoms with Crippen molar-refractivity contribution in [1.82, 2.24) is 4.57 Å². The third-order valence-electron chi connectivity index (χ3n) is 6.96. The lowest BCUT2D eigenvalue weighted by Crippen LogP contribution is -2.40. The number of nitro benzene ring substituents is 1. The Bertz CT molecular complexity index is 2030. The molecular formula is C31H28BrN3O9S. The van der Waals surface area contributed by atoms with E-state index in [0.717, 1.165) is 11.3 Å². The minimum Gasteiger partial charge on any atom is -0.496 e. The first-order chi connectivity index (χ1) is 21.6. The highest BCUT2D eigenvalue weighted by atomic mass is 79.9. The van der Waals surface area contributed by atoms with Gasteiger partial charge in [0, 0.05) is 16.6 Å². The molecule has 0 saturated carbocycles. The van der Waals surface area contributed by atoms with Gasteiger partial charge in [-0.3, -0.25) is 19.5 Å². The van der Waals surface area contributed by atoms with Gasteiger partial charge in [0.2, 0.25) is 0 Å². The molecule has 1 aliphatic rings. The number of hydrogen-bond acceptors (Lipinski definition) is 11. The van der Waals surface area contributed by atoms with Gasteiger partial charge in [-0.1, -0.05) is 27.3 Å². The fourth-order valence-corrected chi connectivity index (χ4v) is 6.54. The van der Waals surface area contributed by atoms with Crippen LogP contribution >= 0.6 is 27.3 Å². The maximum Gasteiger partial charge on any atom is 0.338 e. The number of methoxy groups -OCH3 is 2. The van der Waals surface area contributed by atoms with E-state index in [-0.39, 0.29) is 23.6 Å². The van der Waals surface area contributed by atoms with E-state index in [0.29, 0.717) is 60.3 Å². The molecule has 0 saturated heterocycles. The van der Waals surface area contributed by atoms with Gasteiger partial charge in [-0.15, -0.1) is 0 Å². The van der Waals surface area contributed by atoms with E-state index in [2.05, 4.69) is 20.9 Å². The van der Waals surface area contributed by atoms with Crippen molar-refractivity contribution < 1.29 is 33.1 Å². The number of nitrogens with zero attached hydrogens (tertiary/aromatic N) is 3. The topological polar surface area (TPSA) is 145 Å². The van der Waals surface area contributed by atoms with Gasteiger partial charge in [0.05, 0.1) is 65.8 Å². The summed E-state index contributed by atoms with van der Waals surface area (Å²) < 4.78 is 30.4. The van der Waals surface area contributed by atoms with Gasteiger partial charge in [-0.05, 0) is 56.7 Å². The maximum absolute atomic E-state index is 14.1. The van der Waals surface area contributed by atoms with Crippen LogP contribution in [0.2, 0.25) is 0 Å². The fraction of sp³-hybridized carbons (Fsp3) is 0.258. The Hall–Kier alpha value is -4.69. The number of carbonyl (C=O) groups excluding carboxylic acids is 1. The summed E-state index contributed by atoms with van der Waals surface area (Å²) in [5, 5.41) is 11.2. The van der Waals surface area contributed by atoms with Gasteiger partial charge in [0.25, 0.3) is 11.2 Å². The molecule has 0 N–H and O–H groups in total. The number of fused-ring (bicyclic) bond motifs is 1. The second kappa shape index (κ2) is 13.1. The summed E-state index contributed by atoms with van der Waals surface area (Å²) in [5.74, 6) is 1.36. The average molecular weight is 699 g/mol. The van der Waals surface area contributed by atoms with Crippen molar-refractivity contribution in [1.29, 1.82) is 0 Å². The largest absolute Gasteiger partial charge is 0.496 e.